The molecule has 2 fully saturated rings. The Kier molecular flexibility index (Phi) is 25.1. The van der Waals surface area contributed by atoms with E-state index in [1.165, 1.54) is 4.90 Å². The van der Waals surface area contributed by atoms with E-state index in [-0.39, 0.29) is 62.6 Å². The van der Waals surface area contributed by atoms with Crippen molar-refractivity contribution >= 4 is 86.6 Å². The zero-order valence-corrected chi connectivity index (χ0v) is 42.3. The Balaban J connectivity index is 2.04. The topological polar surface area (TPSA) is 391 Å². The second kappa shape index (κ2) is 30.0. The molecule has 2 aliphatic rings. The van der Waals surface area contributed by atoms with E-state index in [1.807, 2.05) is 13.8 Å². The van der Waals surface area contributed by atoms with Crippen LogP contribution in [0, 0.1) is 5.92 Å². The lowest BCUT2D eigenvalue weighted by Gasteiger charge is -2.31. The lowest BCUT2D eigenvalue weighted by Crippen LogP contribution is -2.61. The van der Waals surface area contributed by atoms with Gasteiger partial charge in [0.05, 0.1) is 19.0 Å². The van der Waals surface area contributed by atoms with Crippen molar-refractivity contribution in [1.29, 1.82) is 0 Å². The highest BCUT2D eigenvalue weighted by Crippen LogP contribution is 2.26. The minimum atomic E-state index is -1.72. The van der Waals surface area contributed by atoms with Crippen molar-refractivity contribution in [3.8, 4) is 0 Å². The first kappa shape index (κ1) is 59.3. The summed E-state index contributed by atoms with van der Waals surface area (Å²) >= 11 is 0. The average Bonchev–Trinajstić information content (AvgIpc) is 3.81. The van der Waals surface area contributed by atoms with Crippen molar-refractivity contribution in [3.05, 3.63) is 35.9 Å². The maximum atomic E-state index is 14.6. The van der Waals surface area contributed by atoms with Crippen LogP contribution in [-0.2, 0) is 59.2 Å². The number of rotatable bonds is 20. The molecule has 1 aromatic rings. The van der Waals surface area contributed by atoms with Gasteiger partial charge in [-0.2, -0.15) is 0 Å². The lowest BCUT2D eigenvalue weighted by atomic mass is 9.96. The Morgan fingerprint density at radius 1 is 0.775 bits per heavy atom. The molecule has 0 saturated carbocycles. The van der Waals surface area contributed by atoms with Gasteiger partial charge in [-0.05, 0) is 50.1 Å². The predicted molar refractivity (Wildman–Crippen MR) is 266 cm³/mol. The third kappa shape index (κ3) is 20.3. The first-order valence-corrected chi connectivity index (χ1v) is 26.1. The molecule has 0 unspecified atom stereocenters. The Morgan fingerprint density at radius 3 is 2.04 bits per heavy atom. The van der Waals surface area contributed by atoms with Gasteiger partial charge < -0.3 is 70.4 Å². The summed E-state index contributed by atoms with van der Waals surface area (Å²) in [5, 5.41) is 21.4. The van der Waals surface area contributed by atoms with Gasteiger partial charge in [0.15, 0.2) is 0 Å². The van der Waals surface area contributed by atoms with E-state index in [4.69, 9.17) is 22.9 Å². The molecule has 26 heteroatoms. The quantitative estimate of drug-likeness (QED) is 0.0562. The molecule has 0 bridgehead atoms. The molecular weight excluding hydrogens is 963 g/mol. The molecule has 0 spiro atoms. The van der Waals surface area contributed by atoms with Crippen molar-refractivity contribution in [2.24, 2.45) is 28.9 Å². The van der Waals surface area contributed by atoms with Gasteiger partial charge in [0.1, 0.15) is 42.3 Å². The maximum Gasteiger partial charge on any atom is 0.246 e. The summed E-state index contributed by atoms with van der Waals surface area (Å²) in [5.41, 5.74) is 23.2. The summed E-state index contributed by atoms with van der Waals surface area (Å²) in [6, 6.07) is -1.70. The number of nitrogens with two attached hydrogens (primary N) is 4. The minimum Gasteiger partial charge on any atom is -0.370 e. The summed E-state index contributed by atoms with van der Waals surface area (Å²) in [7, 11) is 2.10. The standard InChI is InChI=1S/C45H71N13O11S2/c1-5-25(4)37-44(68)53-28(13-9-15-34(47)59)40(64)55-31(20-35(48)60)41(65)56-32(23-71-70-22-27(46)38(62)54-30(42(66)57-37)19-26-11-7-6-8-12-26)45(69)58-18-10-14-33(58)43(67)52-29(16-17-50-24(2)3)39(63)51-21-36(49)61/h6-8,11-12,24-25,27-33,37,50H,5,9-10,13-23,46H2,1-4H3,(H2,47,59)(H2,48,60)(H2,49,61)(H,51,63)(H,52,67)(H,53,68)(H,54,62)(H,55,64)(H,56,65)(H,57,66)/t25-,27-,28-,29-,30-,31-,32-,33-,37-/m0/s1. The van der Waals surface area contributed by atoms with Gasteiger partial charge in [-0.3, -0.25) is 52.7 Å². The van der Waals surface area contributed by atoms with Gasteiger partial charge in [0.25, 0.3) is 0 Å². The van der Waals surface area contributed by atoms with E-state index in [1.54, 1.807) is 44.2 Å². The number of amides is 11. The summed E-state index contributed by atoms with van der Waals surface area (Å²) in [4.78, 5) is 149. The van der Waals surface area contributed by atoms with Crippen LogP contribution in [0.25, 0.3) is 0 Å². The minimum absolute atomic E-state index is 0.00412. The van der Waals surface area contributed by atoms with E-state index in [9.17, 15) is 52.7 Å². The third-order valence-electron chi connectivity index (χ3n) is 11.7. The van der Waals surface area contributed by atoms with Crippen molar-refractivity contribution < 1.29 is 52.7 Å². The monoisotopic (exact) mass is 1030 g/mol. The van der Waals surface area contributed by atoms with Crippen LogP contribution in [-0.4, -0.2) is 155 Å². The molecule has 9 atom stereocenters. The summed E-state index contributed by atoms with van der Waals surface area (Å²) in [6.45, 7) is 7.14. The van der Waals surface area contributed by atoms with Crippen molar-refractivity contribution in [2.45, 2.75) is 140 Å². The number of hydrogen-bond donors (Lipinski definition) is 12. The van der Waals surface area contributed by atoms with Gasteiger partial charge in [0, 0.05) is 36.9 Å². The molecule has 16 N–H and O–H groups in total. The van der Waals surface area contributed by atoms with Crippen LogP contribution in [0.2, 0.25) is 0 Å². The number of benzene rings is 1. The molecule has 71 heavy (non-hydrogen) atoms. The summed E-state index contributed by atoms with van der Waals surface area (Å²) in [5.74, 6) is -9.65. The van der Waals surface area contributed by atoms with Gasteiger partial charge in [-0.15, -0.1) is 0 Å². The van der Waals surface area contributed by atoms with E-state index >= 15 is 0 Å². The van der Waals surface area contributed by atoms with E-state index in [2.05, 4.69) is 42.5 Å². The highest BCUT2D eigenvalue weighted by atomic mass is 33.1. The number of nitrogens with one attached hydrogen (secondary N) is 8. The Labute approximate surface area is 421 Å². The van der Waals surface area contributed by atoms with Crippen LogP contribution in [0.3, 0.4) is 0 Å². The van der Waals surface area contributed by atoms with E-state index in [0.717, 1.165) is 21.6 Å². The molecule has 24 nitrogen and oxygen atoms in total. The van der Waals surface area contributed by atoms with Crippen LogP contribution in [0.1, 0.15) is 84.6 Å². The molecule has 0 radical (unpaired) electrons. The van der Waals surface area contributed by atoms with Crippen LogP contribution in [0.15, 0.2) is 30.3 Å². The fourth-order valence-corrected chi connectivity index (χ4v) is 9.88. The SMILES string of the molecule is CC[C@H](C)[C@@H]1NC(=O)[C@H](Cc2ccccc2)NC(=O)[C@@H](N)CSSC[C@@H](C(=O)N2CCC[C@H]2C(=O)N[C@@H](CCNC(C)C)C(=O)NCC(N)=O)NC(=O)[C@H](CC(N)=O)NC(=O)[C@H](CCCC(N)=O)NC1=O. The Bertz CT molecular complexity index is 2050. The third-order valence-corrected chi connectivity index (χ3v) is 14.2. The molecule has 0 aromatic heterocycles. The number of primary amides is 3. The molecule has 3 rings (SSSR count). The highest BCUT2D eigenvalue weighted by Gasteiger charge is 2.41. The number of nitrogens with zero attached hydrogens (tertiary/aromatic N) is 1. The molecule has 11 amide bonds. The fraction of sp³-hybridized carbons (Fsp3) is 0.622. The largest absolute Gasteiger partial charge is 0.370 e. The predicted octanol–water partition coefficient (Wildman–Crippen LogP) is -3.58. The van der Waals surface area contributed by atoms with E-state index < -0.39 is 132 Å². The van der Waals surface area contributed by atoms with Crippen LogP contribution in [0.4, 0.5) is 0 Å². The van der Waals surface area contributed by atoms with Crippen LogP contribution < -0.4 is 65.5 Å². The average molecular weight is 1030 g/mol. The highest BCUT2D eigenvalue weighted by molar-refractivity contribution is 8.76. The zero-order valence-electron chi connectivity index (χ0n) is 40.6. The Morgan fingerprint density at radius 2 is 1.41 bits per heavy atom. The lowest BCUT2D eigenvalue weighted by molar-refractivity contribution is -0.142. The fourth-order valence-electron chi connectivity index (χ4n) is 7.60. The van der Waals surface area contributed by atoms with Gasteiger partial charge >= 0.3 is 0 Å². The number of likely N-dealkylation sites (tertiary alicyclic amines) is 1. The van der Waals surface area contributed by atoms with Crippen LogP contribution >= 0.6 is 21.6 Å². The van der Waals surface area contributed by atoms with Gasteiger partial charge in [-0.1, -0.05) is 86.0 Å². The first-order valence-electron chi connectivity index (χ1n) is 23.6. The number of carbonyl (C=O) groups is 11. The second-order valence-electron chi connectivity index (χ2n) is 17.8. The summed E-state index contributed by atoms with van der Waals surface area (Å²) in [6.07, 6.45) is -0.108. The normalized spacial score (nSPS) is 23.9. The van der Waals surface area contributed by atoms with Gasteiger partial charge in [-0.25, -0.2) is 0 Å². The molecule has 2 heterocycles. The van der Waals surface area contributed by atoms with Crippen molar-refractivity contribution in [1.82, 2.24) is 47.4 Å². The molecule has 2 saturated heterocycles. The number of hydrogen-bond acceptors (Lipinski definition) is 15. The second-order valence-corrected chi connectivity index (χ2v) is 20.4. The maximum absolute atomic E-state index is 14.6. The molecule has 0 aliphatic carbocycles. The molecule has 394 valence electrons. The number of carbonyl (C=O) groups excluding carboxylic acids is 11. The first-order chi connectivity index (χ1) is 33.6. The Hall–Kier alpha value is -5.99. The van der Waals surface area contributed by atoms with Crippen molar-refractivity contribution in [2.75, 3.05) is 31.1 Å². The molecule has 1 aromatic carbocycles. The van der Waals surface area contributed by atoms with Gasteiger partial charge in [0.2, 0.25) is 65.0 Å². The smallest absolute Gasteiger partial charge is 0.246 e. The zero-order chi connectivity index (χ0) is 52.8. The molecular formula is C45H71N13O11S2. The van der Waals surface area contributed by atoms with E-state index in [0.29, 0.717) is 24.9 Å². The molecule has 2 aliphatic heterocycles. The van der Waals surface area contributed by atoms with Crippen LogP contribution in [0.5, 0.6) is 0 Å². The van der Waals surface area contributed by atoms with Crippen molar-refractivity contribution in [3.63, 3.8) is 0 Å². The summed E-state index contributed by atoms with van der Waals surface area (Å²) < 4.78 is 0.